The number of hydrogen-bond donors (Lipinski definition) is 0. The number of anilines is 1. The van der Waals surface area contributed by atoms with Crippen LogP contribution in [-0.4, -0.2) is 11.7 Å². The van der Waals surface area contributed by atoms with Gasteiger partial charge in [0, 0.05) is 10.2 Å². The molecule has 23 heavy (non-hydrogen) atoms. The van der Waals surface area contributed by atoms with Gasteiger partial charge in [0.15, 0.2) is 0 Å². The van der Waals surface area contributed by atoms with Crippen molar-refractivity contribution in [2.75, 3.05) is 10.7 Å². The van der Waals surface area contributed by atoms with Gasteiger partial charge in [-0.3, -0.25) is 9.69 Å². The summed E-state index contributed by atoms with van der Waals surface area (Å²) in [6, 6.07) is 12.3. The molecule has 2 aromatic rings. The minimum Gasteiger partial charge on any atom is -0.295 e. The van der Waals surface area contributed by atoms with Crippen LogP contribution in [0.15, 0.2) is 53.0 Å². The van der Waals surface area contributed by atoms with Crippen LogP contribution in [-0.2, 0) is 11.0 Å². The molecule has 2 nitrogen and oxygen atoms in total. The average Bonchev–Trinajstić information content (AvgIpc) is 2.88. The standard InChI is InChI=1S/C16H11BrF3NOS/c17-12-3-1-2-10(8-12)15-21(14(22)9-23-15)13-6-4-11(5-7-13)16(18,19)20/h1-8,15H,9H2. The van der Waals surface area contributed by atoms with E-state index in [2.05, 4.69) is 15.9 Å². The fourth-order valence-corrected chi connectivity index (χ4v) is 4.00. The maximum Gasteiger partial charge on any atom is 0.416 e. The Morgan fingerprint density at radius 1 is 1.13 bits per heavy atom. The summed E-state index contributed by atoms with van der Waals surface area (Å²) in [7, 11) is 0. The van der Waals surface area contributed by atoms with Crippen molar-refractivity contribution >= 4 is 39.3 Å². The van der Waals surface area contributed by atoms with Gasteiger partial charge < -0.3 is 0 Å². The highest BCUT2D eigenvalue weighted by atomic mass is 79.9. The molecule has 0 aliphatic carbocycles. The molecule has 0 spiro atoms. The van der Waals surface area contributed by atoms with E-state index in [9.17, 15) is 18.0 Å². The molecule has 0 bridgehead atoms. The Labute approximate surface area is 143 Å². The number of alkyl halides is 3. The van der Waals surface area contributed by atoms with E-state index >= 15 is 0 Å². The van der Waals surface area contributed by atoms with Crippen LogP contribution in [0.2, 0.25) is 0 Å². The topological polar surface area (TPSA) is 20.3 Å². The summed E-state index contributed by atoms with van der Waals surface area (Å²) >= 11 is 4.85. The Hall–Kier alpha value is -1.47. The first-order valence-corrected chi connectivity index (χ1v) is 8.57. The summed E-state index contributed by atoms with van der Waals surface area (Å²) in [4.78, 5) is 13.7. The summed E-state index contributed by atoms with van der Waals surface area (Å²) in [6.45, 7) is 0. The number of benzene rings is 2. The third-order valence-electron chi connectivity index (χ3n) is 3.47. The lowest BCUT2D eigenvalue weighted by molar-refractivity contribution is -0.137. The normalized spacial score (nSPS) is 18.5. The minimum atomic E-state index is -4.38. The predicted molar refractivity (Wildman–Crippen MR) is 88.3 cm³/mol. The molecule has 3 rings (SSSR count). The largest absolute Gasteiger partial charge is 0.416 e. The molecule has 1 amide bonds. The van der Waals surface area contributed by atoms with Crippen LogP contribution in [0, 0.1) is 0 Å². The van der Waals surface area contributed by atoms with Crippen LogP contribution >= 0.6 is 27.7 Å². The van der Waals surface area contributed by atoms with Crippen molar-refractivity contribution in [2.45, 2.75) is 11.6 Å². The Bertz CT molecular complexity index is 733. The smallest absolute Gasteiger partial charge is 0.295 e. The highest BCUT2D eigenvalue weighted by molar-refractivity contribution is 9.10. The first-order valence-electron chi connectivity index (χ1n) is 6.72. The van der Waals surface area contributed by atoms with Gasteiger partial charge in [-0.25, -0.2) is 0 Å². The lowest BCUT2D eigenvalue weighted by Gasteiger charge is -2.24. The van der Waals surface area contributed by atoms with Crippen molar-refractivity contribution in [2.24, 2.45) is 0 Å². The van der Waals surface area contributed by atoms with E-state index in [1.165, 1.54) is 23.9 Å². The van der Waals surface area contributed by atoms with Crippen LogP contribution < -0.4 is 4.90 Å². The van der Waals surface area contributed by atoms with Gasteiger partial charge in [0.05, 0.1) is 11.3 Å². The number of carbonyl (C=O) groups excluding carboxylic acids is 1. The van der Waals surface area contributed by atoms with E-state index in [-0.39, 0.29) is 11.3 Å². The van der Waals surface area contributed by atoms with Crippen molar-refractivity contribution in [3.8, 4) is 0 Å². The van der Waals surface area contributed by atoms with Crippen LogP contribution in [0.4, 0.5) is 18.9 Å². The fraction of sp³-hybridized carbons (Fsp3) is 0.188. The molecule has 1 heterocycles. The van der Waals surface area contributed by atoms with Gasteiger partial charge in [-0.1, -0.05) is 28.1 Å². The van der Waals surface area contributed by atoms with E-state index in [1.807, 2.05) is 24.3 Å². The number of hydrogen-bond acceptors (Lipinski definition) is 2. The molecule has 0 saturated carbocycles. The molecule has 1 unspecified atom stereocenters. The van der Waals surface area contributed by atoms with Crippen LogP contribution in [0.5, 0.6) is 0 Å². The molecule has 1 aliphatic heterocycles. The quantitative estimate of drug-likeness (QED) is 0.684. The summed E-state index contributed by atoms with van der Waals surface area (Å²) < 4.78 is 38.9. The SMILES string of the molecule is O=C1CSC(c2cccc(Br)c2)N1c1ccc(C(F)(F)F)cc1. The fourth-order valence-electron chi connectivity index (χ4n) is 2.42. The van der Waals surface area contributed by atoms with Crippen LogP contribution in [0.25, 0.3) is 0 Å². The molecular weight excluding hydrogens is 391 g/mol. The van der Waals surface area contributed by atoms with Crippen molar-refractivity contribution in [3.05, 3.63) is 64.1 Å². The minimum absolute atomic E-state index is 0.111. The van der Waals surface area contributed by atoms with Gasteiger partial charge in [-0.2, -0.15) is 13.2 Å². The van der Waals surface area contributed by atoms with E-state index < -0.39 is 11.7 Å². The highest BCUT2D eigenvalue weighted by Gasteiger charge is 2.35. The monoisotopic (exact) mass is 401 g/mol. The second-order valence-corrected chi connectivity index (χ2v) is 7.01. The zero-order valence-electron chi connectivity index (χ0n) is 11.7. The molecule has 2 aromatic carbocycles. The molecule has 1 aliphatic rings. The highest BCUT2D eigenvalue weighted by Crippen LogP contribution is 2.42. The van der Waals surface area contributed by atoms with Gasteiger partial charge >= 0.3 is 6.18 Å². The van der Waals surface area contributed by atoms with E-state index in [0.29, 0.717) is 11.4 Å². The Morgan fingerprint density at radius 2 is 1.83 bits per heavy atom. The van der Waals surface area contributed by atoms with Crippen LogP contribution in [0.1, 0.15) is 16.5 Å². The van der Waals surface area contributed by atoms with Crippen LogP contribution in [0.3, 0.4) is 0 Å². The molecular formula is C16H11BrF3NOS. The number of amides is 1. The van der Waals surface area contributed by atoms with Crippen molar-refractivity contribution in [3.63, 3.8) is 0 Å². The third kappa shape index (κ3) is 3.40. The summed E-state index contributed by atoms with van der Waals surface area (Å²) in [5.74, 6) is 0.192. The summed E-state index contributed by atoms with van der Waals surface area (Å²) in [6.07, 6.45) is -4.38. The third-order valence-corrected chi connectivity index (χ3v) is 5.18. The maximum absolute atomic E-state index is 12.7. The van der Waals surface area contributed by atoms with Crippen molar-refractivity contribution < 1.29 is 18.0 Å². The first kappa shape index (κ1) is 16.4. The van der Waals surface area contributed by atoms with E-state index in [0.717, 1.165) is 22.2 Å². The molecule has 1 saturated heterocycles. The van der Waals surface area contributed by atoms with Crippen molar-refractivity contribution in [1.82, 2.24) is 0 Å². The number of halogens is 4. The Kier molecular flexibility index (Phi) is 4.42. The number of thioether (sulfide) groups is 1. The summed E-state index contributed by atoms with van der Waals surface area (Å²) in [5, 5.41) is -0.239. The lowest BCUT2D eigenvalue weighted by atomic mass is 10.1. The molecule has 120 valence electrons. The molecule has 1 fully saturated rings. The molecule has 0 radical (unpaired) electrons. The van der Waals surface area contributed by atoms with Crippen molar-refractivity contribution in [1.29, 1.82) is 0 Å². The molecule has 0 N–H and O–H groups in total. The predicted octanol–water partition coefficient (Wildman–Crippen LogP) is 5.25. The zero-order chi connectivity index (χ0) is 16.6. The Morgan fingerprint density at radius 3 is 2.43 bits per heavy atom. The van der Waals surface area contributed by atoms with E-state index in [1.54, 1.807) is 4.90 Å². The van der Waals surface area contributed by atoms with Gasteiger partial charge in [0.25, 0.3) is 0 Å². The van der Waals surface area contributed by atoms with Gasteiger partial charge in [0.1, 0.15) is 5.37 Å². The number of rotatable bonds is 2. The van der Waals surface area contributed by atoms with Gasteiger partial charge in [0.2, 0.25) is 5.91 Å². The lowest BCUT2D eigenvalue weighted by Crippen LogP contribution is -2.27. The average molecular weight is 402 g/mol. The molecule has 7 heteroatoms. The number of carbonyl (C=O) groups is 1. The number of nitrogens with zero attached hydrogens (tertiary/aromatic N) is 1. The molecule has 0 aromatic heterocycles. The van der Waals surface area contributed by atoms with E-state index in [4.69, 9.17) is 0 Å². The Balaban J connectivity index is 1.94. The second kappa shape index (κ2) is 6.20. The maximum atomic E-state index is 12.7. The zero-order valence-corrected chi connectivity index (χ0v) is 14.1. The second-order valence-electron chi connectivity index (χ2n) is 5.03. The van der Waals surface area contributed by atoms with Gasteiger partial charge in [-0.15, -0.1) is 11.8 Å². The first-order chi connectivity index (χ1) is 10.9. The summed E-state index contributed by atoms with van der Waals surface area (Å²) in [5.41, 5.74) is 0.674. The van der Waals surface area contributed by atoms with Gasteiger partial charge in [-0.05, 0) is 42.0 Å². The molecule has 1 atom stereocenters.